The summed E-state index contributed by atoms with van der Waals surface area (Å²) >= 11 is 0. The fourth-order valence-corrected chi connectivity index (χ4v) is 2.79. The Bertz CT molecular complexity index is 938. The SMILES string of the molecule is O=C(O)c1ccnc(-c2ccnc(NCc3nnc4n3CCC4)n2)c1. The molecule has 0 fully saturated rings. The van der Waals surface area contributed by atoms with Crippen LogP contribution >= 0.6 is 0 Å². The molecule has 9 heteroatoms. The predicted octanol–water partition coefficient (Wildman–Crippen LogP) is 1.39. The van der Waals surface area contributed by atoms with Gasteiger partial charge in [-0.1, -0.05) is 0 Å². The molecule has 0 radical (unpaired) electrons. The number of carboxylic acids is 1. The number of aromatic nitrogens is 6. The van der Waals surface area contributed by atoms with Crippen LogP contribution in [0.15, 0.2) is 30.6 Å². The van der Waals surface area contributed by atoms with E-state index in [1.165, 1.54) is 18.3 Å². The number of pyridine rings is 1. The first-order chi connectivity index (χ1) is 12.2. The summed E-state index contributed by atoms with van der Waals surface area (Å²) in [6.45, 7) is 1.41. The molecule has 3 aromatic rings. The number of rotatable bonds is 5. The lowest BCUT2D eigenvalue weighted by Crippen LogP contribution is -2.09. The average Bonchev–Trinajstić information content (AvgIpc) is 3.24. The van der Waals surface area contributed by atoms with Crippen molar-refractivity contribution in [2.24, 2.45) is 0 Å². The van der Waals surface area contributed by atoms with Crippen LogP contribution in [-0.2, 0) is 19.5 Å². The van der Waals surface area contributed by atoms with Crippen LogP contribution < -0.4 is 5.32 Å². The van der Waals surface area contributed by atoms with Crippen molar-refractivity contribution in [1.29, 1.82) is 0 Å². The molecule has 0 amide bonds. The molecule has 0 spiro atoms. The number of nitrogens with zero attached hydrogens (tertiary/aromatic N) is 6. The van der Waals surface area contributed by atoms with Crippen molar-refractivity contribution in [3.05, 3.63) is 47.8 Å². The van der Waals surface area contributed by atoms with Crippen LogP contribution in [0.25, 0.3) is 11.4 Å². The summed E-state index contributed by atoms with van der Waals surface area (Å²) in [5, 5.41) is 20.6. The van der Waals surface area contributed by atoms with Crippen LogP contribution in [0.4, 0.5) is 5.95 Å². The summed E-state index contributed by atoms with van der Waals surface area (Å²) in [4.78, 5) is 23.9. The smallest absolute Gasteiger partial charge is 0.335 e. The van der Waals surface area contributed by atoms with Crippen LogP contribution in [0.5, 0.6) is 0 Å². The van der Waals surface area contributed by atoms with E-state index in [2.05, 4.69) is 35.0 Å². The van der Waals surface area contributed by atoms with Crippen LogP contribution in [0.3, 0.4) is 0 Å². The molecular formula is C16H15N7O2. The predicted molar refractivity (Wildman–Crippen MR) is 87.9 cm³/mol. The van der Waals surface area contributed by atoms with Crippen molar-refractivity contribution in [1.82, 2.24) is 29.7 Å². The van der Waals surface area contributed by atoms with E-state index in [4.69, 9.17) is 5.11 Å². The molecule has 9 nitrogen and oxygen atoms in total. The third-order valence-corrected chi connectivity index (χ3v) is 4.02. The maximum absolute atomic E-state index is 11.1. The molecule has 2 N–H and O–H groups in total. The molecule has 1 aliphatic heterocycles. The summed E-state index contributed by atoms with van der Waals surface area (Å²) in [5.41, 5.74) is 1.19. The topological polar surface area (TPSA) is 119 Å². The van der Waals surface area contributed by atoms with Gasteiger partial charge in [0, 0.05) is 25.4 Å². The third kappa shape index (κ3) is 3.03. The lowest BCUT2D eigenvalue weighted by atomic mass is 10.2. The highest BCUT2D eigenvalue weighted by Gasteiger charge is 2.17. The Hall–Kier alpha value is -3.36. The molecule has 0 aromatic carbocycles. The van der Waals surface area contributed by atoms with Gasteiger partial charge in [-0.25, -0.2) is 14.8 Å². The van der Waals surface area contributed by atoms with Gasteiger partial charge in [-0.05, 0) is 24.6 Å². The zero-order valence-electron chi connectivity index (χ0n) is 13.3. The van der Waals surface area contributed by atoms with Gasteiger partial charge in [-0.15, -0.1) is 10.2 Å². The van der Waals surface area contributed by atoms with Gasteiger partial charge < -0.3 is 15.0 Å². The number of fused-ring (bicyclic) bond motifs is 1. The van der Waals surface area contributed by atoms with Gasteiger partial charge in [0.15, 0.2) is 5.82 Å². The largest absolute Gasteiger partial charge is 0.478 e. The van der Waals surface area contributed by atoms with Crippen LogP contribution in [0.1, 0.15) is 28.4 Å². The normalized spacial score (nSPS) is 12.8. The Kier molecular flexibility index (Phi) is 3.81. The van der Waals surface area contributed by atoms with Crippen molar-refractivity contribution in [2.45, 2.75) is 25.9 Å². The maximum Gasteiger partial charge on any atom is 0.335 e. The van der Waals surface area contributed by atoms with Crippen molar-refractivity contribution < 1.29 is 9.90 Å². The summed E-state index contributed by atoms with van der Waals surface area (Å²) < 4.78 is 2.11. The maximum atomic E-state index is 11.1. The average molecular weight is 337 g/mol. The van der Waals surface area contributed by atoms with Crippen LogP contribution in [0.2, 0.25) is 0 Å². The molecule has 3 aromatic heterocycles. The highest BCUT2D eigenvalue weighted by molar-refractivity contribution is 5.88. The molecule has 4 rings (SSSR count). The summed E-state index contributed by atoms with van der Waals surface area (Å²) in [7, 11) is 0. The van der Waals surface area contributed by atoms with E-state index < -0.39 is 5.97 Å². The van der Waals surface area contributed by atoms with Crippen molar-refractivity contribution in [2.75, 3.05) is 5.32 Å². The summed E-state index contributed by atoms with van der Waals surface area (Å²) in [5.74, 6) is 1.29. The quantitative estimate of drug-likeness (QED) is 0.717. The molecule has 0 aliphatic carbocycles. The number of carboxylic acid groups (broad SMARTS) is 1. The van der Waals surface area contributed by atoms with E-state index in [1.54, 1.807) is 12.3 Å². The molecular weight excluding hydrogens is 322 g/mol. The van der Waals surface area contributed by atoms with E-state index in [9.17, 15) is 4.79 Å². The first-order valence-electron chi connectivity index (χ1n) is 7.88. The third-order valence-electron chi connectivity index (χ3n) is 4.02. The van der Waals surface area contributed by atoms with Gasteiger partial charge in [-0.2, -0.15) is 0 Å². The van der Waals surface area contributed by atoms with E-state index in [0.29, 0.717) is 23.9 Å². The first-order valence-corrected chi connectivity index (χ1v) is 7.88. The molecule has 0 unspecified atom stereocenters. The van der Waals surface area contributed by atoms with E-state index in [0.717, 1.165) is 31.0 Å². The molecule has 25 heavy (non-hydrogen) atoms. The molecule has 0 bridgehead atoms. The number of nitrogens with one attached hydrogen (secondary N) is 1. The van der Waals surface area contributed by atoms with E-state index >= 15 is 0 Å². The highest BCUT2D eigenvalue weighted by atomic mass is 16.4. The minimum atomic E-state index is -1.00. The minimum absolute atomic E-state index is 0.164. The number of carbonyl (C=O) groups is 1. The Morgan fingerprint density at radius 2 is 2.08 bits per heavy atom. The standard InChI is InChI=1S/C16H15N7O2/c24-15(25)10-3-5-17-12(8-10)11-4-6-18-16(20-11)19-9-14-22-21-13-2-1-7-23(13)14/h3-6,8H,1-2,7,9H2,(H,24,25)(H,18,19,20). The lowest BCUT2D eigenvalue weighted by Gasteiger charge is -2.07. The Balaban J connectivity index is 1.53. The minimum Gasteiger partial charge on any atom is -0.478 e. The summed E-state index contributed by atoms with van der Waals surface area (Å²) in [6.07, 6.45) is 5.11. The van der Waals surface area contributed by atoms with Crippen molar-refractivity contribution >= 4 is 11.9 Å². The zero-order chi connectivity index (χ0) is 17.2. The van der Waals surface area contributed by atoms with Crippen LogP contribution in [-0.4, -0.2) is 40.8 Å². The second-order valence-corrected chi connectivity index (χ2v) is 5.64. The monoisotopic (exact) mass is 337 g/mol. The first kappa shape index (κ1) is 15.2. The highest BCUT2D eigenvalue weighted by Crippen LogP contribution is 2.18. The Morgan fingerprint density at radius 1 is 1.20 bits per heavy atom. The van der Waals surface area contributed by atoms with Gasteiger partial charge in [0.2, 0.25) is 5.95 Å². The molecule has 0 saturated carbocycles. The second kappa shape index (κ2) is 6.27. The molecule has 0 atom stereocenters. The van der Waals surface area contributed by atoms with E-state index in [-0.39, 0.29) is 5.56 Å². The van der Waals surface area contributed by atoms with Crippen molar-refractivity contribution in [3.63, 3.8) is 0 Å². The number of hydrogen-bond acceptors (Lipinski definition) is 7. The van der Waals surface area contributed by atoms with Crippen LogP contribution in [0, 0.1) is 0 Å². The second-order valence-electron chi connectivity index (χ2n) is 5.64. The molecule has 1 aliphatic rings. The van der Waals surface area contributed by atoms with Gasteiger partial charge in [0.05, 0.1) is 23.5 Å². The van der Waals surface area contributed by atoms with Gasteiger partial charge in [0.25, 0.3) is 0 Å². The Labute approximate surface area is 142 Å². The molecule has 4 heterocycles. The summed E-state index contributed by atoms with van der Waals surface area (Å²) in [6, 6.07) is 4.62. The number of aryl methyl sites for hydroxylation is 1. The van der Waals surface area contributed by atoms with E-state index in [1.807, 2.05) is 0 Å². The fourth-order valence-electron chi connectivity index (χ4n) is 2.79. The number of anilines is 1. The van der Waals surface area contributed by atoms with Gasteiger partial charge in [0.1, 0.15) is 5.82 Å². The Morgan fingerprint density at radius 3 is 2.96 bits per heavy atom. The lowest BCUT2D eigenvalue weighted by molar-refractivity contribution is 0.0697. The van der Waals surface area contributed by atoms with Crippen molar-refractivity contribution in [3.8, 4) is 11.4 Å². The number of aromatic carboxylic acids is 1. The van der Waals surface area contributed by atoms with Gasteiger partial charge in [-0.3, -0.25) is 4.98 Å². The molecule has 126 valence electrons. The fraction of sp³-hybridized carbons (Fsp3) is 0.250. The number of hydrogen-bond donors (Lipinski definition) is 2. The molecule has 0 saturated heterocycles. The zero-order valence-corrected chi connectivity index (χ0v) is 13.3. The van der Waals surface area contributed by atoms with Gasteiger partial charge >= 0.3 is 5.97 Å².